The molecule has 1 aromatic heterocycles. The van der Waals surface area contributed by atoms with Crippen molar-refractivity contribution in [3.8, 4) is 5.75 Å². The van der Waals surface area contributed by atoms with Gasteiger partial charge in [-0.25, -0.2) is 17.6 Å². The summed E-state index contributed by atoms with van der Waals surface area (Å²) in [5.74, 6) is -5.73. The third-order valence-corrected chi connectivity index (χ3v) is 7.99. The maximum atomic E-state index is 14.3. The number of hydrogen-bond donors (Lipinski definition) is 1. The van der Waals surface area contributed by atoms with Crippen LogP contribution in [0.25, 0.3) is 0 Å². The fourth-order valence-electron chi connectivity index (χ4n) is 5.78. The zero-order valence-electron chi connectivity index (χ0n) is 23.4. The Bertz CT molecular complexity index is 1750. The number of aromatic nitrogens is 1. The summed E-state index contributed by atoms with van der Waals surface area (Å²) >= 11 is 0. The molecular formula is C31H26F4N4O5. The van der Waals surface area contributed by atoms with Gasteiger partial charge in [0.15, 0.2) is 17.0 Å². The Morgan fingerprint density at radius 3 is 2.55 bits per heavy atom. The highest BCUT2D eigenvalue weighted by Crippen LogP contribution is 2.43. The van der Waals surface area contributed by atoms with Gasteiger partial charge < -0.3 is 24.4 Å². The first-order chi connectivity index (χ1) is 21.1. The van der Waals surface area contributed by atoms with E-state index < -0.39 is 82.5 Å². The second kappa shape index (κ2) is 11.3. The molecule has 2 bridgehead atoms. The van der Waals surface area contributed by atoms with Crippen molar-refractivity contribution < 1.29 is 36.7 Å². The largest absolute Gasteiger partial charge is 0.483 e. The average Bonchev–Trinajstić information content (AvgIpc) is 3.31. The lowest BCUT2D eigenvalue weighted by molar-refractivity contribution is -0.0325. The van der Waals surface area contributed by atoms with Crippen LogP contribution in [0.4, 0.5) is 17.6 Å². The monoisotopic (exact) mass is 610 g/mol. The summed E-state index contributed by atoms with van der Waals surface area (Å²) in [6, 6.07) is 7.99. The number of nitrogens with zero attached hydrogens (tertiary/aromatic N) is 3. The molecule has 1 spiro atoms. The molecule has 44 heavy (non-hydrogen) atoms. The van der Waals surface area contributed by atoms with Gasteiger partial charge in [0.1, 0.15) is 36.3 Å². The lowest BCUT2D eigenvalue weighted by Crippen LogP contribution is -2.53. The van der Waals surface area contributed by atoms with Crippen molar-refractivity contribution in [1.82, 2.24) is 14.8 Å². The van der Waals surface area contributed by atoms with Gasteiger partial charge in [0.2, 0.25) is 5.43 Å². The molecule has 4 heterocycles. The third-order valence-electron chi connectivity index (χ3n) is 7.99. The predicted molar refractivity (Wildman–Crippen MR) is 149 cm³/mol. The minimum Gasteiger partial charge on any atom is -0.483 e. The second-order valence-corrected chi connectivity index (χ2v) is 10.9. The average molecular weight is 611 g/mol. The van der Waals surface area contributed by atoms with Gasteiger partial charge >= 0.3 is 0 Å². The summed E-state index contributed by atoms with van der Waals surface area (Å²) in [7, 11) is 0. The third kappa shape index (κ3) is 5.01. The van der Waals surface area contributed by atoms with Crippen LogP contribution in [0, 0.1) is 17.5 Å². The van der Waals surface area contributed by atoms with Gasteiger partial charge in [-0.3, -0.25) is 14.4 Å². The van der Waals surface area contributed by atoms with Crippen LogP contribution < -0.4 is 15.5 Å². The predicted octanol–water partition coefficient (Wildman–Crippen LogP) is 4.21. The van der Waals surface area contributed by atoms with Crippen LogP contribution in [0.1, 0.15) is 51.4 Å². The fraction of sp³-hybridized carbons (Fsp3) is 0.290. The van der Waals surface area contributed by atoms with Gasteiger partial charge in [0.25, 0.3) is 11.8 Å². The highest BCUT2D eigenvalue weighted by Gasteiger charge is 2.52. The van der Waals surface area contributed by atoms with Crippen LogP contribution in [-0.4, -0.2) is 51.9 Å². The van der Waals surface area contributed by atoms with E-state index in [2.05, 4.69) is 10.5 Å². The molecule has 0 saturated heterocycles. The van der Waals surface area contributed by atoms with Crippen molar-refractivity contribution in [1.29, 1.82) is 0 Å². The van der Waals surface area contributed by atoms with E-state index in [-0.39, 0.29) is 25.3 Å². The molecule has 9 nitrogen and oxygen atoms in total. The van der Waals surface area contributed by atoms with E-state index in [1.807, 2.05) is 0 Å². The van der Waals surface area contributed by atoms with E-state index in [4.69, 9.17) is 9.57 Å². The molecule has 1 N–H and O–H groups in total. The van der Waals surface area contributed by atoms with Gasteiger partial charge in [0.05, 0.1) is 17.8 Å². The lowest BCUT2D eigenvalue weighted by atomic mass is 9.87. The number of benzene rings is 2. The van der Waals surface area contributed by atoms with Crippen molar-refractivity contribution in [3.05, 3.63) is 111 Å². The number of ether oxygens (including phenoxy) is 1. The number of rotatable bonds is 7. The Kier molecular flexibility index (Phi) is 7.48. The molecule has 228 valence electrons. The van der Waals surface area contributed by atoms with Crippen LogP contribution in [0.2, 0.25) is 0 Å². The topological polar surface area (TPSA) is 102 Å². The molecule has 2 amide bonds. The normalized spacial score (nSPS) is 21.9. The van der Waals surface area contributed by atoms with E-state index in [0.717, 1.165) is 0 Å². The first-order valence-corrected chi connectivity index (χ1v) is 13.8. The van der Waals surface area contributed by atoms with Crippen molar-refractivity contribution >= 4 is 17.5 Å². The number of oxime groups is 1. The van der Waals surface area contributed by atoms with Crippen LogP contribution in [0.15, 0.2) is 70.8 Å². The van der Waals surface area contributed by atoms with Gasteiger partial charge in [0, 0.05) is 43.4 Å². The Balaban J connectivity index is 1.46. The van der Waals surface area contributed by atoms with Crippen molar-refractivity contribution in [2.45, 2.75) is 44.2 Å². The fourth-order valence-corrected chi connectivity index (χ4v) is 5.78. The van der Waals surface area contributed by atoms with Gasteiger partial charge in [-0.1, -0.05) is 41.6 Å². The molecule has 0 aliphatic carbocycles. The van der Waals surface area contributed by atoms with Crippen LogP contribution in [0.5, 0.6) is 5.75 Å². The minimum absolute atomic E-state index is 0.0374. The number of hydrogen-bond acceptors (Lipinski definition) is 6. The molecule has 3 aromatic rings. The molecule has 2 aromatic carbocycles. The summed E-state index contributed by atoms with van der Waals surface area (Å²) in [4.78, 5) is 48.3. The van der Waals surface area contributed by atoms with E-state index in [1.165, 1.54) is 21.7 Å². The van der Waals surface area contributed by atoms with E-state index >= 15 is 0 Å². The smallest absolute Gasteiger partial charge is 0.275 e. The zero-order chi connectivity index (χ0) is 31.2. The minimum atomic E-state index is -1.22. The molecule has 6 rings (SSSR count). The molecule has 0 fully saturated rings. The van der Waals surface area contributed by atoms with Gasteiger partial charge in [-0.15, -0.1) is 0 Å². The summed E-state index contributed by atoms with van der Waals surface area (Å²) < 4.78 is 63.5. The molecule has 0 unspecified atom stereocenters. The number of pyridine rings is 1. The summed E-state index contributed by atoms with van der Waals surface area (Å²) in [6.45, 7) is -0.0299. The lowest BCUT2D eigenvalue weighted by Gasteiger charge is -2.42. The van der Waals surface area contributed by atoms with Gasteiger partial charge in [-0.2, -0.15) is 0 Å². The summed E-state index contributed by atoms with van der Waals surface area (Å²) in [6.07, 6.45) is 4.63. The number of alkyl halides is 1. The molecule has 3 atom stereocenters. The Labute approximate surface area is 248 Å². The van der Waals surface area contributed by atoms with Crippen molar-refractivity contribution in [3.63, 3.8) is 0 Å². The van der Waals surface area contributed by atoms with Crippen LogP contribution >= 0.6 is 0 Å². The second-order valence-electron chi connectivity index (χ2n) is 10.9. The number of amides is 2. The Morgan fingerprint density at radius 1 is 1.16 bits per heavy atom. The SMILES string of the molecule is CC1=NO[C@@]2(C=C[C@H](CF)N3C[C@H]2n2cc(C(=O)NCc4c(F)cc(F)cc4F)c(=O)c(OCc4ccccc4)c2C3=O)C1. The van der Waals surface area contributed by atoms with Crippen LogP contribution in [-0.2, 0) is 18.0 Å². The molecule has 0 saturated carbocycles. The highest BCUT2D eigenvalue weighted by molar-refractivity contribution is 5.99. The zero-order valence-corrected chi connectivity index (χ0v) is 23.4. The van der Waals surface area contributed by atoms with Crippen LogP contribution in [0.3, 0.4) is 0 Å². The Hall–Kier alpha value is -4.94. The number of carbonyl (C=O) groups is 2. The Morgan fingerprint density at radius 2 is 1.89 bits per heavy atom. The van der Waals surface area contributed by atoms with E-state index in [1.54, 1.807) is 43.3 Å². The first-order valence-electron chi connectivity index (χ1n) is 13.8. The molecular weight excluding hydrogens is 584 g/mol. The van der Waals surface area contributed by atoms with Crippen molar-refractivity contribution in [2.24, 2.45) is 5.16 Å². The molecule has 0 radical (unpaired) electrons. The number of carbonyl (C=O) groups excluding carboxylic acids is 2. The molecule has 13 heteroatoms. The number of halogens is 4. The van der Waals surface area contributed by atoms with Crippen molar-refractivity contribution in [2.75, 3.05) is 13.2 Å². The quantitative estimate of drug-likeness (QED) is 0.319. The van der Waals surface area contributed by atoms with E-state index in [9.17, 15) is 31.9 Å². The number of fused-ring (bicyclic) bond motifs is 5. The van der Waals surface area contributed by atoms with Gasteiger partial charge in [-0.05, 0) is 18.6 Å². The molecule has 3 aliphatic rings. The van der Waals surface area contributed by atoms with E-state index in [0.29, 0.717) is 23.4 Å². The standard InChI is InChI=1S/C31H26F4N4O5/c1-17-11-31(44-37-17)8-7-20(12-32)38-15-25(31)39-14-22(29(41)36-13-21-23(34)9-19(33)10-24(21)35)27(40)28(26(39)30(38)42)43-16-18-5-3-2-4-6-18/h2-10,14,20,25H,11-13,15-16H2,1H3,(H,36,41)/t20-,25-,31+/m1/s1. The number of nitrogens with one attached hydrogen (secondary N) is 1. The summed E-state index contributed by atoms with van der Waals surface area (Å²) in [5, 5.41) is 6.39. The maximum Gasteiger partial charge on any atom is 0.275 e. The molecule has 3 aliphatic heterocycles. The highest BCUT2D eigenvalue weighted by atomic mass is 19.1. The maximum absolute atomic E-state index is 14.3. The first kappa shape index (κ1) is 29.1. The summed E-state index contributed by atoms with van der Waals surface area (Å²) in [5.41, 5.74) is -2.14.